The zero-order valence-electron chi connectivity index (χ0n) is 8.66. The smallest absolute Gasteiger partial charge is 0.317 e. The van der Waals surface area contributed by atoms with Gasteiger partial charge in [-0.15, -0.1) is 0 Å². The second-order valence-corrected chi connectivity index (χ2v) is 3.93. The van der Waals surface area contributed by atoms with Crippen molar-refractivity contribution in [1.29, 1.82) is 0 Å². The van der Waals surface area contributed by atoms with E-state index >= 15 is 0 Å². The Morgan fingerprint density at radius 1 is 1.47 bits per heavy atom. The van der Waals surface area contributed by atoms with Crippen molar-refractivity contribution in [3.63, 3.8) is 0 Å². The maximum atomic E-state index is 11.4. The Kier molecular flexibility index (Phi) is 2.52. The van der Waals surface area contributed by atoms with Crippen LogP contribution in [0.4, 0.5) is 0 Å². The minimum atomic E-state index is -0.883. The van der Waals surface area contributed by atoms with Gasteiger partial charge in [-0.3, -0.25) is 4.79 Å². The van der Waals surface area contributed by atoms with Crippen LogP contribution in [0, 0.1) is 6.92 Å². The van der Waals surface area contributed by atoms with E-state index < -0.39 is 11.4 Å². The maximum absolute atomic E-state index is 11.4. The van der Waals surface area contributed by atoms with Gasteiger partial charge in [-0.1, -0.05) is 0 Å². The Bertz CT molecular complexity index is 360. The summed E-state index contributed by atoms with van der Waals surface area (Å²) in [7, 11) is 0. The second kappa shape index (κ2) is 3.70. The number of furan rings is 1. The van der Waals surface area contributed by atoms with Crippen molar-refractivity contribution < 1.29 is 19.1 Å². The molecule has 0 aromatic carbocycles. The van der Waals surface area contributed by atoms with Gasteiger partial charge in [0.25, 0.3) is 0 Å². The summed E-state index contributed by atoms with van der Waals surface area (Å²) in [5.74, 6) is -0.234. The van der Waals surface area contributed by atoms with Gasteiger partial charge in [-0.2, -0.15) is 0 Å². The lowest BCUT2D eigenvalue weighted by Gasteiger charge is -2.31. The molecule has 1 saturated heterocycles. The fourth-order valence-corrected chi connectivity index (χ4v) is 2.12. The zero-order valence-corrected chi connectivity index (χ0v) is 8.66. The first-order valence-corrected chi connectivity index (χ1v) is 5.02. The fourth-order valence-electron chi connectivity index (χ4n) is 2.12. The van der Waals surface area contributed by atoms with E-state index in [0.717, 1.165) is 5.56 Å². The van der Waals surface area contributed by atoms with Crippen molar-refractivity contribution >= 4 is 5.97 Å². The number of ether oxygens (including phenoxy) is 1. The first-order valence-electron chi connectivity index (χ1n) is 5.02. The number of hydrogen-bond acceptors (Lipinski definition) is 3. The van der Waals surface area contributed by atoms with E-state index in [4.69, 9.17) is 9.15 Å². The summed E-state index contributed by atoms with van der Waals surface area (Å²) in [4.78, 5) is 11.4. The third kappa shape index (κ3) is 1.55. The third-order valence-electron chi connectivity index (χ3n) is 3.05. The minimum Gasteiger partial charge on any atom is -0.480 e. The van der Waals surface area contributed by atoms with Crippen molar-refractivity contribution in [2.24, 2.45) is 0 Å². The third-order valence-corrected chi connectivity index (χ3v) is 3.05. The van der Waals surface area contributed by atoms with Crippen molar-refractivity contribution in [2.45, 2.75) is 25.2 Å². The molecule has 82 valence electrons. The van der Waals surface area contributed by atoms with E-state index in [1.165, 1.54) is 0 Å². The highest BCUT2D eigenvalue weighted by molar-refractivity contribution is 5.81. The van der Waals surface area contributed by atoms with Gasteiger partial charge in [0, 0.05) is 13.2 Å². The number of carbonyl (C=O) groups is 1. The van der Waals surface area contributed by atoms with Gasteiger partial charge >= 0.3 is 5.97 Å². The number of hydrogen-bond donors (Lipinski definition) is 1. The van der Waals surface area contributed by atoms with Crippen LogP contribution in [0.25, 0.3) is 0 Å². The predicted octanol–water partition coefficient (Wildman–Crippen LogP) is 1.72. The SMILES string of the molecule is Cc1ccoc1C1(C(=O)O)CCOCC1. The highest BCUT2D eigenvalue weighted by Gasteiger charge is 2.45. The Balaban J connectivity index is 2.42. The standard InChI is InChI=1S/C11H14O4/c1-8-2-5-15-9(8)11(10(12)13)3-6-14-7-4-11/h2,5H,3-4,6-7H2,1H3,(H,12,13). The van der Waals surface area contributed by atoms with Gasteiger partial charge < -0.3 is 14.3 Å². The average molecular weight is 210 g/mol. The number of aryl methyl sites for hydroxylation is 1. The molecular weight excluding hydrogens is 196 g/mol. The van der Waals surface area contributed by atoms with Crippen LogP contribution in [0.2, 0.25) is 0 Å². The van der Waals surface area contributed by atoms with Crippen molar-refractivity contribution in [1.82, 2.24) is 0 Å². The summed E-state index contributed by atoms with van der Waals surface area (Å²) >= 11 is 0. The minimum absolute atomic E-state index is 0.479. The first-order chi connectivity index (χ1) is 7.17. The summed E-state index contributed by atoms with van der Waals surface area (Å²) in [6.07, 6.45) is 2.51. The lowest BCUT2D eigenvalue weighted by molar-refractivity contribution is -0.148. The van der Waals surface area contributed by atoms with Gasteiger partial charge in [0.1, 0.15) is 11.2 Å². The lowest BCUT2D eigenvalue weighted by Crippen LogP contribution is -2.41. The lowest BCUT2D eigenvalue weighted by atomic mass is 9.77. The van der Waals surface area contributed by atoms with E-state index in [1.54, 1.807) is 12.3 Å². The molecule has 0 saturated carbocycles. The molecule has 0 spiro atoms. The maximum Gasteiger partial charge on any atom is 0.317 e. The Morgan fingerprint density at radius 2 is 2.13 bits per heavy atom. The molecule has 4 nitrogen and oxygen atoms in total. The molecule has 1 fully saturated rings. The quantitative estimate of drug-likeness (QED) is 0.807. The van der Waals surface area contributed by atoms with Crippen LogP contribution < -0.4 is 0 Å². The van der Waals surface area contributed by atoms with Crippen LogP contribution in [0.3, 0.4) is 0 Å². The highest BCUT2D eigenvalue weighted by Crippen LogP contribution is 2.37. The van der Waals surface area contributed by atoms with E-state index in [1.807, 2.05) is 6.92 Å². The first kappa shape index (κ1) is 10.2. The molecule has 0 unspecified atom stereocenters. The molecule has 1 aromatic heterocycles. The van der Waals surface area contributed by atoms with Crippen LogP contribution in [0.15, 0.2) is 16.7 Å². The largest absolute Gasteiger partial charge is 0.480 e. The molecule has 2 heterocycles. The average Bonchev–Trinajstić information content (AvgIpc) is 2.66. The van der Waals surface area contributed by atoms with Crippen LogP contribution in [0.1, 0.15) is 24.2 Å². The molecule has 0 radical (unpaired) electrons. The molecule has 1 aliphatic heterocycles. The molecule has 1 aliphatic rings. The van der Waals surface area contributed by atoms with E-state index in [0.29, 0.717) is 31.8 Å². The van der Waals surface area contributed by atoms with Gasteiger partial charge in [0.15, 0.2) is 0 Å². The van der Waals surface area contributed by atoms with Crippen LogP contribution in [-0.2, 0) is 14.9 Å². The van der Waals surface area contributed by atoms with Crippen LogP contribution in [0.5, 0.6) is 0 Å². The summed E-state index contributed by atoms with van der Waals surface area (Å²) in [5, 5.41) is 9.37. The zero-order chi connectivity index (χ0) is 10.9. The van der Waals surface area contributed by atoms with E-state index in [2.05, 4.69) is 0 Å². The molecule has 0 aliphatic carbocycles. The van der Waals surface area contributed by atoms with Crippen molar-refractivity contribution in [3.05, 3.63) is 23.7 Å². The van der Waals surface area contributed by atoms with Crippen LogP contribution >= 0.6 is 0 Å². The Morgan fingerprint density at radius 3 is 2.60 bits per heavy atom. The summed E-state index contributed by atoms with van der Waals surface area (Å²) in [6.45, 7) is 2.83. The van der Waals surface area contributed by atoms with Gasteiger partial charge in [-0.25, -0.2) is 0 Å². The number of carboxylic acids is 1. The molecular formula is C11H14O4. The topological polar surface area (TPSA) is 59.7 Å². The highest BCUT2D eigenvalue weighted by atomic mass is 16.5. The molecule has 0 bridgehead atoms. The van der Waals surface area contributed by atoms with Gasteiger partial charge in [0.2, 0.25) is 0 Å². The fraction of sp³-hybridized carbons (Fsp3) is 0.545. The van der Waals surface area contributed by atoms with Gasteiger partial charge in [-0.05, 0) is 31.4 Å². The second-order valence-electron chi connectivity index (χ2n) is 3.93. The van der Waals surface area contributed by atoms with Crippen molar-refractivity contribution in [3.8, 4) is 0 Å². The van der Waals surface area contributed by atoms with Crippen molar-refractivity contribution in [2.75, 3.05) is 13.2 Å². The summed E-state index contributed by atoms with van der Waals surface area (Å²) < 4.78 is 10.5. The number of carboxylic acid groups (broad SMARTS) is 1. The summed E-state index contributed by atoms with van der Waals surface area (Å²) in [6, 6.07) is 1.80. The normalized spacial score (nSPS) is 20.1. The monoisotopic (exact) mass is 210 g/mol. The molecule has 1 N–H and O–H groups in total. The van der Waals surface area contributed by atoms with Crippen LogP contribution in [-0.4, -0.2) is 24.3 Å². The molecule has 0 amide bonds. The van der Waals surface area contributed by atoms with E-state index in [-0.39, 0.29) is 0 Å². The van der Waals surface area contributed by atoms with Gasteiger partial charge in [0.05, 0.1) is 6.26 Å². The molecule has 1 aromatic rings. The number of rotatable bonds is 2. The molecule has 15 heavy (non-hydrogen) atoms. The molecule has 0 atom stereocenters. The predicted molar refractivity (Wildman–Crippen MR) is 52.8 cm³/mol. The molecule has 4 heteroatoms. The van der Waals surface area contributed by atoms with E-state index in [9.17, 15) is 9.90 Å². The Hall–Kier alpha value is -1.29. The Labute approximate surface area is 87.8 Å². The summed E-state index contributed by atoms with van der Waals surface area (Å²) in [5.41, 5.74) is 0.0190. The number of aliphatic carboxylic acids is 1. The molecule has 2 rings (SSSR count).